The van der Waals surface area contributed by atoms with E-state index in [0.717, 1.165) is 17.8 Å². The van der Waals surface area contributed by atoms with Crippen molar-refractivity contribution in [1.29, 1.82) is 0 Å². The first-order valence-corrected chi connectivity index (χ1v) is 5.67. The Morgan fingerprint density at radius 3 is 2.88 bits per heavy atom. The van der Waals surface area contributed by atoms with Gasteiger partial charge in [-0.3, -0.25) is 14.4 Å². The predicted molar refractivity (Wildman–Crippen MR) is 64.5 cm³/mol. The van der Waals surface area contributed by atoms with Crippen molar-refractivity contribution in [3.63, 3.8) is 0 Å². The number of aliphatic imine (C=N–C) groups is 1. The van der Waals surface area contributed by atoms with Crippen molar-refractivity contribution in [2.45, 2.75) is 26.4 Å². The Morgan fingerprint density at radius 2 is 2.35 bits per heavy atom. The summed E-state index contributed by atoms with van der Waals surface area (Å²) in [5.74, 6) is 0.579. The molecule has 0 radical (unpaired) electrons. The summed E-state index contributed by atoms with van der Waals surface area (Å²) in [6.07, 6.45) is 0.515. The lowest BCUT2D eigenvalue weighted by Crippen LogP contribution is -2.36. The fraction of sp³-hybridized carbons (Fsp3) is 0.545. The van der Waals surface area contributed by atoms with E-state index in [4.69, 9.17) is 5.73 Å². The van der Waals surface area contributed by atoms with Crippen molar-refractivity contribution in [2.75, 3.05) is 6.54 Å². The summed E-state index contributed by atoms with van der Waals surface area (Å²) in [6, 6.07) is 1.95. The maximum atomic E-state index is 11.5. The zero-order chi connectivity index (χ0) is 12.6. The van der Waals surface area contributed by atoms with Crippen LogP contribution in [0.5, 0.6) is 0 Å². The fourth-order valence-corrected chi connectivity index (χ4v) is 1.93. The Balaban J connectivity index is 2.40. The van der Waals surface area contributed by atoms with Crippen LogP contribution in [-0.4, -0.2) is 39.1 Å². The zero-order valence-corrected chi connectivity index (χ0v) is 10.3. The molecule has 2 rings (SSSR count). The van der Waals surface area contributed by atoms with Crippen molar-refractivity contribution < 1.29 is 4.79 Å². The van der Waals surface area contributed by atoms with E-state index in [-0.39, 0.29) is 12.1 Å². The third kappa shape index (κ3) is 2.08. The molecule has 1 aliphatic heterocycles. The average molecular weight is 235 g/mol. The molecule has 1 aliphatic rings. The molecule has 1 amide bonds. The Morgan fingerprint density at radius 1 is 1.65 bits per heavy atom. The number of nitrogens with zero attached hydrogens (tertiary/aromatic N) is 4. The van der Waals surface area contributed by atoms with Gasteiger partial charge in [-0.1, -0.05) is 6.92 Å². The summed E-state index contributed by atoms with van der Waals surface area (Å²) < 4.78 is 1.74. The smallest absolute Gasteiger partial charge is 0.225 e. The number of aromatic nitrogens is 2. The molecule has 1 unspecified atom stereocenters. The van der Waals surface area contributed by atoms with Gasteiger partial charge in [0.05, 0.1) is 12.2 Å². The van der Waals surface area contributed by atoms with Crippen LogP contribution in [0.1, 0.15) is 25.2 Å². The molecule has 0 spiro atoms. The van der Waals surface area contributed by atoms with E-state index >= 15 is 0 Å². The Hall–Kier alpha value is -1.69. The van der Waals surface area contributed by atoms with Crippen molar-refractivity contribution in [3.05, 3.63) is 17.5 Å². The Labute approximate surface area is 100 Å². The van der Waals surface area contributed by atoms with Gasteiger partial charge in [0.2, 0.25) is 5.91 Å². The topological polar surface area (TPSA) is 76.5 Å². The van der Waals surface area contributed by atoms with Crippen molar-refractivity contribution in [2.24, 2.45) is 17.8 Å². The monoisotopic (exact) mass is 235 g/mol. The lowest BCUT2D eigenvalue weighted by Gasteiger charge is -2.16. The van der Waals surface area contributed by atoms with Crippen LogP contribution in [0, 0.1) is 0 Å². The normalized spacial score (nSPS) is 19.6. The number of amidine groups is 1. The molecule has 0 aromatic carbocycles. The molecule has 1 atom stereocenters. The van der Waals surface area contributed by atoms with Crippen molar-refractivity contribution in [3.8, 4) is 0 Å². The molecule has 6 heteroatoms. The second-order valence-corrected chi connectivity index (χ2v) is 4.15. The number of rotatable bonds is 2. The van der Waals surface area contributed by atoms with Gasteiger partial charge >= 0.3 is 0 Å². The molecule has 6 nitrogen and oxygen atoms in total. The van der Waals surface area contributed by atoms with Gasteiger partial charge in [0, 0.05) is 14.0 Å². The Bertz CT molecular complexity index is 476. The van der Waals surface area contributed by atoms with Crippen LogP contribution < -0.4 is 5.73 Å². The molecule has 92 valence electrons. The Kier molecular flexibility index (Phi) is 2.97. The molecular formula is C11H17N5O. The first-order valence-electron chi connectivity index (χ1n) is 5.67. The van der Waals surface area contributed by atoms with Gasteiger partial charge in [-0.2, -0.15) is 5.10 Å². The quantitative estimate of drug-likeness (QED) is 0.776. The van der Waals surface area contributed by atoms with Crippen LogP contribution in [0.2, 0.25) is 0 Å². The second kappa shape index (κ2) is 4.29. The molecular weight excluding hydrogens is 218 g/mol. The number of carbonyl (C=O) groups excluding carboxylic acids is 1. The maximum absolute atomic E-state index is 11.5. The first-order chi connectivity index (χ1) is 8.02. The van der Waals surface area contributed by atoms with Crippen molar-refractivity contribution in [1.82, 2.24) is 14.7 Å². The molecule has 0 saturated heterocycles. The van der Waals surface area contributed by atoms with Gasteiger partial charge in [0.15, 0.2) is 5.84 Å². The van der Waals surface area contributed by atoms with Gasteiger partial charge in [-0.15, -0.1) is 0 Å². The molecule has 0 fully saturated rings. The minimum Gasteiger partial charge on any atom is -0.308 e. The van der Waals surface area contributed by atoms with Gasteiger partial charge in [0.25, 0.3) is 0 Å². The van der Waals surface area contributed by atoms with Crippen LogP contribution >= 0.6 is 0 Å². The summed E-state index contributed by atoms with van der Waals surface area (Å²) >= 11 is 0. The molecule has 0 bridgehead atoms. The highest BCUT2D eigenvalue weighted by Gasteiger charge is 2.28. The highest BCUT2D eigenvalue weighted by molar-refractivity contribution is 6.07. The van der Waals surface area contributed by atoms with E-state index in [1.165, 1.54) is 6.92 Å². The van der Waals surface area contributed by atoms with Crippen LogP contribution in [0.25, 0.3) is 0 Å². The predicted octanol–water partition coefficient (Wildman–Crippen LogP) is -0.124. The van der Waals surface area contributed by atoms with Gasteiger partial charge in [-0.05, 0) is 12.5 Å². The summed E-state index contributed by atoms with van der Waals surface area (Å²) in [6.45, 7) is 4.00. The minimum atomic E-state index is -0.339. The molecule has 1 aromatic heterocycles. The summed E-state index contributed by atoms with van der Waals surface area (Å²) in [7, 11) is 1.85. The lowest BCUT2D eigenvalue weighted by atomic mass is 10.3. The van der Waals surface area contributed by atoms with Crippen LogP contribution in [-0.2, 0) is 18.3 Å². The maximum Gasteiger partial charge on any atom is 0.225 e. The van der Waals surface area contributed by atoms with Crippen LogP contribution in [0.4, 0.5) is 0 Å². The highest BCUT2D eigenvalue weighted by Crippen LogP contribution is 2.15. The van der Waals surface area contributed by atoms with Crippen molar-refractivity contribution >= 4 is 11.7 Å². The lowest BCUT2D eigenvalue weighted by molar-refractivity contribution is -0.124. The molecule has 0 saturated carbocycles. The highest BCUT2D eigenvalue weighted by atomic mass is 16.2. The summed E-state index contributed by atoms with van der Waals surface area (Å²) in [4.78, 5) is 17.4. The first kappa shape index (κ1) is 11.8. The number of hydrogen-bond acceptors (Lipinski definition) is 4. The fourth-order valence-electron chi connectivity index (χ4n) is 1.93. The zero-order valence-electron chi connectivity index (χ0n) is 10.3. The molecule has 0 aliphatic carbocycles. The van der Waals surface area contributed by atoms with Crippen LogP contribution in [0.3, 0.4) is 0 Å². The number of nitrogens with two attached hydrogens (primary N) is 1. The summed E-state index contributed by atoms with van der Waals surface area (Å²) in [5.41, 5.74) is 7.59. The van der Waals surface area contributed by atoms with Crippen LogP contribution in [0.15, 0.2) is 11.1 Å². The third-order valence-electron chi connectivity index (χ3n) is 2.82. The van der Waals surface area contributed by atoms with Gasteiger partial charge < -0.3 is 5.73 Å². The standard InChI is InChI=1S/C11H17N5O/c1-4-8-5-9(15(3)14-8)11-13-10(12)6-16(11)7(2)17/h5,10H,4,6,12H2,1-3H3. The van der Waals surface area contributed by atoms with Gasteiger partial charge in [0.1, 0.15) is 11.9 Å². The molecule has 2 heterocycles. The number of aryl methyl sites for hydroxylation is 2. The molecule has 1 aromatic rings. The largest absolute Gasteiger partial charge is 0.308 e. The van der Waals surface area contributed by atoms with E-state index in [1.54, 1.807) is 9.58 Å². The van der Waals surface area contributed by atoms with E-state index in [2.05, 4.69) is 10.1 Å². The van der Waals surface area contributed by atoms with E-state index in [9.17, 15) is 4.79 Å². The minimum absolute atomic E-state index is 0.0454. The molecule has 17 heavy (non-hydrogen) atoms. The average Bonchev–Trinajstić information content (AvgIpc) is 2.81. The number of carbonyl (C=O) groups is 1. The molecule has 2 N–H and O–H groups in total. The second-order valence-electron chi connectivity index (χ2n) is 4.15. The van der Waals surface area contributed by atoms with E-state index < -0.39 is 0 Å². The third-order valence-corrected chi connectivity index (χ3v) is 2.82. The van der Waals surface area contributed by atoms with E-state index in [0.29, 0.717) is 12.4 Å². The SMILES string of the molecule is CCc1cc(C2=NC(N)CN2C(C)=O)n(C)n1. The van der Waals surface area contributed by atoms with Gasteiger partial charge in [-0.25, -0.2) is 4.99 Å². The number of hydrogen-bond donors (Lipinski definition) is 1. The number of amides is 1. The van der Waals surface area contributed by atoms with E-state index in [1.807, 2.05) is 20.0 Å². The summed E-state index contributed by atoms with van der Waals surface area (Å²) in [5, 5.41) is 4.35.